The molecule has 0 aliphatic rings. The van der Waals surface area contributed by atoms with Gasteiger partial charge in [-0.2, -0.15) is 0 Å². The number of nitrogens with zero attached hydrogens (tertiary/aromatic N) is 4. The summed E-state index contributed by atoms with van der Waals surface area (Å²) in [5.41, 5.74) is 0.942. The van der Waals surface area contributed by atoms with Gasteiger partial charge in [-0.3, -0.25) is 9.59 Å². The van der Waals surface area contributed by atoms with E-state index in [0.29, 0.717) is 33.4 Å². The van der Waals surface area contributed by atoms with Crippen molar-refractivity contribution < 1.29 is 9.18 Å². The summed E-state index contributed by atoms with van der Waals surface area (Å²) in [6.45, 7) is 1.91. The van der Waals surface area contributed by atoms with Crippen molar-refractivity contribution in [3.63, 3.8) is 0 Å². The molecule has 0 saturated carbocycles. The number of carbonyl (C=O) groups excluding carboxylic acids is 1. The molecule has 1 amide bonds. The maximum atomic E-state index is 13.0. The number of hydrogen-bond donors (Lipinski definition) is 2. The lowest BCUT2D eigenvalue weighted by Crippen LogP contribution is -2.17. The minimum Gasteiger partial charge on any atom is -0.326 e. The molecule has 2 heterocycles. The molecular formula is C21H19FN6O2S. The summed E-state index contributed by atoms with van der Waals surface area (Å²) in [6, 6.07) is 12.7. The van der Waals surface area contributed by atoms with E-state index in [9.17, 15) is 14.0 Å². The predicted octanol–water partition coefficient (Wildman–Crippen LogP) is 3.23. The SMILES string of the molecule is CC(Sc1nnc(CC(=O)Nc2ccc(F)cc2)n1C)c1nc2ccccc2c(=O)[nH]1. The highest BCUT2D eigenvalue weighted by molar-refractivity contribution is 7.99. The molecule has 1 atom stereocenters. The van der Waals surface area contributed by atoms with E-state index in [1.54, 1.807) is 29.8 Å². The number of aromatic nitrogens is 5. The molecule has 0 aliphatic carbocycles. The van der Waals surface area contributed by atoms with Crippen LogP contribution >= 0.6 is 11.8 Å². The normalized spacial score (nSPS) is 12.1. The Balaban J connectivity index is 1.46. The minimum absolute atomic E-state index is 0.0148. The predicted molar refractivity (Wildman–Crippen MR) is 116 cm³/mol. The summed E-state index contributed by atoms with van der Waals surface area (Å²) >= 11 is 1.38. The van der Waals surface area contributed by atoms with E-state index in [1.807, 2.05) is 13.0 Å². The van der Waals surface area contributed by atoms with Gasteiger partial charge in [0.1, 0.15) is 17.5 Å². The molecule has 1 unspecified atom stereocenters. The number of benzene rings is 2. The van der Waals surface area contributed by atoms with Crippen molar-refractivity contribution in [2.75, 3.05) is 5.32 Å². The number of halogens is 1. The van der Waals surface area contributed by atoms with E-state index in [0.717, 1.165) is 0 Å². The molecule has 4 rings (SSSR count). The van der Waals surface area contributed by atoms with E-state index in [-0.39, 0.29) is 29.0 Å². The van der Waals surface area contributed by atoms with Crippen LogP contribution in [0.2, 0.25) is 0 Å². The largest absolute Gasteiger partial charge is 0.326 e. The summed E-state index contributed by atoms with van der Waals surface area (Å²) in [4.78, 5) is 32.0. The second kappa shape index (κ2) is 8.68. The molecule has 0 spiro atoms. The minimum atomic E-state index is -0.371. The highest BCUT2D eigenvalue weighted by Gasteiger charge is 2.18. The van der Waals surface area contributed by atoms with Gasteiger partial charge in [-0.25, -0.2) is 9.37 Å². The molecule has 2 N–H and O–H groups in total. The van der Waals surface area contributed by atoms with Gasteiger partial charge in [-0.15, -0.1) is 10.2 Å². The van der Waals surface area contributed by atoms with Crippen LogP contribution in [0, 0.1) is 5.82 Å². The van der Waals surface area contributed by atoms with Crippen molar-refractivity contribution in [2.45, 2.75) is 23.8 Å². The first-order chi connectivity index (χ1) is 14.9. The van der Waals surface area contributed by atoms with Gasteiger partial charge in [0.25, 0.3) is 5.56 Å². The van der Waals surface area contributed by atoms with Crippen LogP contribution < -0.4 is 10.9 Å². The van der Waals surface area contributed by atoms with Gasteiger partial charge < -0.3 is 14.9 Å². The smallest absolute Gasteiger partial charge is 0.258 e. The molecule has 0 radical (unpaired) electrons. The summed E-state index contributed by atoms with van der Waals surface area (Å²) in [5, 5.41) is 11.9. The molecule has 10 heteroatoms. The molecule has 0 fully saturated rings. The number of amides is 1. The van der Waals surface area contributed by atoms with Crippen molar-refractivity contribution >= 4 is 34.3 Å². The standard InChI is InChI=1S/C21H19FN6O2S/c1-12(19-24-16-6-4-3-5-15(16)20(30)25-19)31-21-27-26-17(28(21)2)11-18(29)23-14-9-7-13(22)8-10-14/h3-10,12H,11H2,1-2H3,(H,23,29)(H,24,25,30). The van der Waals surface area contributed by atoms with Gasteiger partial charge in [0.2, 0.25) is 5.91 Å². The van der Waals surface area contributed by atoms with Crippen molar-refractivity contribution in [1.29, 1.82) is 0 Å². The fraction of sp³-hybridized carbons (Fsp3) is 0.190. The maximum Gasteiger partial charge on any atom is 0.258 e. The number of aromatic amines is 1. The third kappa shape index (κ3) is 4.64. The van der Waals surface area contributed by atoms with E-state index >= 15 is 0 Å². The number of anilines is 1. The first kappa shape index (κ1) is 20.7. The summed E-state index contributed by atoms with van der Waals surface area (Å²) in [5.74, 6) is 0.359. The van der Waals surface area contributed by atoms with Crippen LogP contribution in [-0.2, 0) is 18.3 Å². The fourth-order valence-corrected chi connectivity index (χ4v) is 3.89. The van der Waals surface area contributed by atoms with Gasteiger partial charge in [-0.05, 0) is 43.3 Å². The van der Waals surface area contributed by atoms with Crippen LogP contribution in [-0.4, -0.2) is 30.6 Å². The van der Waals surface area contributed by atoms with Gasteiger partial charge >= 0.3 is 0 Å². The quantitative estimate of drug-likeness (QED) is 0.448. The Morgan fingerprint density at radius 3 is 2.71 bits per heavy atom. The Morgan fingerprint density at radius 2 is 1.94 bits per heavy atom. The summed E-state index contributed by atoms with van der Waals surface area (Å²) < 4.78 is 14.7. The second-order valence-corrected chi connectivity index (χ2v) is 8.23. The summed E-state index contributed by atoms with van der Waals surface area (Å²) in [6.07, 6.45) is 0.0148. The first-order valence-electron chi connectivity index (χ1n) is 9.50. The highest BCUT2D eigenvalue weighted by Crippen LogP contribution is 2.31. The number of para-hydroxylation sites is 1. The van der Waals surface area contributed by atoms with Crippen molar-refractivity contribution in [2.24, 2.45) is 7.05 Å². The highest BCUT2D eigenvalue weighted by atomic mass is 32.2. The third-order valence-corrected chi connectivity index (χ3v) is 5.81. The first-order valence-corrected chi connectivity index (χ1v) is 10.4. The average Bonchev–Trinajstić information content (AvgIpc) is 3.09. The molecule has 31 heavy (non-hydrogen) atoms. The van der Waals surface area contributed by atoms with Crippen LogP contribution in [0.3, 0.4) is 0 Å². The molecule has 158 valence electrons. The Hall–Kier alpha value is -3.53. The van der Waals surface area contributed by atoms with Crippen LogP contribution in [0.5, 0.6) is 0 Å². The number of hydrogen-bond acceptors (Lipinski definition) is 6. The topological polar surface area (TPSA) is 106 Å². The zero-order chi connectivity index (χ0) is 22.0. The monoisotopic (exact) mass is 438 g/mol. The Kier molecular flexibility index (Phi) is 5.81. The lowest BCUT2D eigenvalue weighted by Gasteiger charge is -2.11. The molecule has 0 aliphatic heterocycles. The molecule has 2 aromatic heterocycles. The van der Waals surface area contributed by atoms with Crippen molar-refractivity contribution in [3.8, 4) is 0 Å². The number of fused-ring (bicyclic) bond motifs is 1. The number of carbonyl (C=O) groups is 1. The Bertz CT molecular complexity index is 1300. The lowest BCUT2D eigenvalue weighted by molar-refractivity contribution is -0.115. The molecule has 0 saturated heterocycles. The zero-order valence-electron chi connectivity index (χ0n) is 16.8. The second-order valence-electron chi connectivity index (χ2n) is 6.92. The fourth-order valence-electron chi connectivity index (χ4n) is 2.99. The van der Waals surface area contributed by atoms with Gasteiger partial charge in [0.15, 0.2) is 5.16 Å². The van der Waals surface area contributed by atoms with E-state index in [2.05, 4.69) is 25.5 Å². The van der Waals surface area contributed by atoms with Crippen molar-refractivity contribution in [1.82, 2.24) is 24.7 Å². The van der Waals surface area contributed by atoms with Crippen molar-refractivity contribution in [3.05, 3.63) is 76.4 Å². The lowest BCUT2D eigenvalue weighted by atomic mass is 10.2. The molecule has 0 bridgehead atoms. The van der Waals surface area contributed by atoms with Crippen LogP contribution in [0.4, 0.5) is 10.1 Å². The van der Waals surface area contributed by atoms with Gasteiger partial charge in [0, 0.05) is 12.7 Å². The van der Waals surface area contributed by atoms with Gasteiger partial charge in [-0.1, -0.05) is 23.9 Å². The van der Waals surface area contributed by atoms with E-state index < -0.39 is 0 Å². The molecule has 2 aromatic carbocycles. The average molecular weight is 438 g/mol. The Morgan fingerprint density at radius 1 is 1.19 bits per heavy atom. The molecule has 4 aromatic rings. The third-order valence-electron chi connectivity index (χ3n) is 4.67. The molecule has 8 nitrogen and oxygen atoms in total. The number of rotatable bonds is 6. The van der Waals surface area contributed by atoms with Crippen LogP contribution in [0.1, 0.15) is 23.8 Å². The maximum absolute atomic E-state index is 13.0. The number of thioether (sulfide) groups is 1. The van der Waals surface area contributed by atoms with Crippen LogP contribution in [0.25, 0.3) is 10.9 Å². The van der Waals surface area contributed by atoms with E-state index in [1.165, 1.54) is 36.0 Å². The van der Waals surface area contributed by atoms with E-state index in [4.69, 9.17) is 0 Å². The summed E-state index contributed by atoms with van der Waals surface area (Å²) in [7, 11) is 1.77. The molecular weight excluding hydrogens is 419 g/mol. The van der Waals surface area contributed by atoms with Crippen LogP contribution in [0.15, 0.2) is 58.5 Å². The number of nitrogens with one attached hydrogen (secondary N) is 2. The number of H-pyrrole nitrogens is 1. The zero-order valence-corrected chi connectivity index (χ0v) is 17.6. The van der Waals surface area contributed by atoms with Gasteiger partial charge in [0.05, 0.1) is 22.6 Å². The Labute approximate surface area is 180 Å².